The van der Waals surface area contributed by atoms with Crippen molar-refractivity contribution in [3.63, 3.8) is 0 Å². The van der Waals surface area contributed by atoms with E-state index in [4.69, 9.17) is 4.42 Å². The largest absolute Gasteiger partial charge is 0.455 e. The van der Waals surface area contributed by atoms with Crippen LogP contribution in [0.25, 0.3) is 33.1 Å². The summed E-state index contributed by atoms with van der Waals surface area (Å²) in [6.07, 6.45) is 0. The van der Waals surface area contributed by atoms with Gasteiger partial charge < -0.3 is 19.1 Å². The number of para-hydroxylation sites is 2. The van der Waals surface area contributed by atoms with Gasteiger partial charge >= 0.3 is 0 Å². The number of fused-ring (bicyclic) bond motifs is 7. The quantitative estimate of drug-likeness (QED) is 0.155. The average Bonchev–Trinajstić information content (AvgIpc) is 3.99. The van der Waals surface area contributed by atoms with Crippen molar-refractivity contribution in [2.24, 2.45) is 0 Å². The van der Waals surface area contributed by atoms with Gasteiger partial charge in [-0.15, -0.1) is 0 Å². The molecule has 79 heavy (non-hydrogen) atoms. The van der Waals surface area contributed by atoms with Gasteiger partial charge in [-0.3, -0.25) is 0 Å². The first-order valence-electron chi connectivity index (χ1n) is 28.5. The summed E-state index contributed by atoms with van der Waals surface area (Å²) in [5.41, 5.74) is 24.5. The van der Waals surface area contributed by atoms with Crippen LogP contribution >= 0.6 is 0 Å². The highest BCUT2D eigenvalue weighted by Crippen LogP contribution is 2.49. The first kappa shape index (κ1) is 52.0. The normalized spacial score (nSPS) is 13.7. The highest BCUT2D eigenvalue weighted by atomic mass is 16.3. The van der Waals surface area contributed by atoms with E-state index >= 15 is 0 Å². The lowest BCUT2D eigenvalue weighted by Crippen LogP contribution is -2.61. The SMILES string of the molecule is CC(C)(C)c1ccc(N(c2ccc(C(C)(C)C)cc2)c2ccc3c(c2)N(c2cccc(-c4cccc5c4oc4ccccc45)c2)c2cc(C(C)(C)C)cc4c2B3c2cc(C(C)(C)C)ccc2N4c2ccc(C(C)(C)C)cc2)cc1. The number of hydrogen-bond donors (Lipinski definition) is 0. The third kappa shape index (κ3) is 9.13. The van der Waals surface area contributed by atoms with E-state index in [2.05, 4.69) is 307 Å². The van der Waals surface area contributed by atoms with Crippen LogP contribution in [-0.2, 0) is 27.1 Å². The summed E-state index contributed by atoms with van der Waals surface area (Å²) < 4.78 is 6.74. The summed E-state index contributed by atoms with van der Waals surface area (Å²) >= 11 is 0. The Kier molecular flexibility index (Phi) is 12.1. The molecule has 396 valence electrons. The maximum absolute atomic E-state index is 6.74. The van der Waals surface area contributed by atoms with Gasteiger partial charge in [-0.1, -0.05) is 207 Å². The first-order valence-corrected chi connectivity index (χ1v) is 28.5. The Bertz CT molecular complexity index is 3920. The van der Waals surface area contributed by atoms with Crippen LogP contribution in [0.3, 0.4) is 0 Å². The van der Waals surface area contributed by atoms with Crippen LogP contribution in [0.5, 0.6) is 0 Å². The van der Waals surface area contributed by atoms with E-state index in [-0.39, 0.29) is 33.8 Å². The van der Waals surface area contributed by atoms with Crippen molar-refractivity contribution in [1.29, 1.82) is 0 Å². The predicted molar refractivity (Wildman–Crippen MR) is 341 cm³/mol. The molecule has 12 rings (SSSR count). The van der Waals surface area contributed by atoms with Gasteiger partial charge in [0.2, 0.25) is 0 Å². The zero-order chi connectivity index (χ0) is 55.7. The molecule has 0 radical (unpaired) electrons. The molecule has 0 aliphatic carbocycles. The van der Waals surface area contributed by atoms with E-state index in [0.717, 1.165) is 67.2 Å². The van der Waals surface area contributed by atoms with E-state index in [0.29, 0.717) is 0 Å². The molecule has 0 amide bonds. The van der Waals surface area contributed by atoms with Gasteiger partial charge in [0, 0.05) is 67.5 Å². The van der Waals surface area contributed by atoms with E-state index < -0.39 is 0 Å². The van der Waals surface area contributed by atoms with Crippen LogP contribution in [0.2, 0.25) is 0 Å². The van der Waals surface area contributed by atoms with E-state index in [9.17, 15) is 0 Å². The highest BCUT2D eigenvalue weighted by molar-refractivity contribution is 7.00. The predicted octanol–water partition coefficient (Wildman–Crippen LogP) is 19.3. The molecule has 1 aromatic heterocycles. The maximum Gasteiger partial charge on any atom is 0.252 e. The van der Waals surface area contributed by atoms with E-state index in [1.807, 2.05) is 0 Å². The van der Waals surface area contributed by atoms with Crippen LogP contribution in [0, 0.1) is 0 Å². The molecule has 0 N–H and O–H groups in total. The maximum atomic E-state index is 6.74. The molecule has 0 atom stereocenters. The van der Waals surface area contributed by atoms with Gasteiger partial charge in [-0.05, 0) is 162 Å². The molecule has 0 unspecified atom stereocenters. The smallest absolute Gasteiger partial charge is 0.252 e. The lowest BCUT2D eigenvalue weighted by Gasteiger charge is -2.45. The van der Waals surface area contributed by atoms with Gasteiger partial charge in [0.05, 0.1) is 0 Å². The van der Waals surface area contributed by atoms with Crippen LogP contribution in [0.1, 0.15) is 132 Å². The second-order valence-corrected chi connectivity index (χ2v) is 27.6. The molecule has 4 nitrogen and oxygen atoms in total. The monoisotopic (exact) mass is 1030 g/mol. The summed E-state index contributed by atoms with van der Waals surface area (Å²) in [5, 5.41) is 2.25. The summed E-state index contributed by atoms with van der Waals surface area (Å²) in [4.78, 5) is 7.62. The molecule has 0 saturated heterocycles. The molecule has 0 saturated carbocycles. The fourth-order valence-electron chi connectivity index (χ4n) is 12.1. The Morgan fingerprint density at radius 3 is 1.44 bits per heavy atom. The van der Waals surface area contributed by atoms with Crippen molar-refractivity contribution >= 4 is 96.2 Å². The number of furan rings is 1. The Morgan fingerprint density at radius 1 is 0.354 bits per heavy atom. The summed E-state index contributed by atoms with van der Waals surface area (Å²) in [7, 11) is 0. The van der Waals surface area contributed by atoms with Gasteiger partial charge in [0.15, 0.2) is 0 Å². The van der Waals surface area contributed by atoms with Crippen molar-refractivity contribution in [3.05, 3.63) is 216 Å². The molecule has 3 heterocycles. The molecule has 10 aromatic rings. The lowest BCUT2D eigenvalue weighted by atomic mass is 9.33. The summed E-state index contributed by atoms with van der Waals surface area (Å²) in [6.45, 7) is 34.7. The lowest BCUT2D eigenvalue weighted by molar-refractivity contribution is 0.589. The van der Waals surface area contributed by atoms with Crippen LogP contribution in [-0.4, -0.2) is 6.71 Å². The molecular formula is C74H76BN3O. The molecule has 9 aromatic carbocycles. The molecular weight excluding hydrogens is 958 g/mol. The number of anilines is 9. The van der Waals surface area contributed by atoms with Crippen molar-refractivity contribution in [1.82, 2.24) is 0 Å². The molecule has 5 heteroatoms. The number of nitrogens with zero attached hydrogens (tertiary/aromatic N) is 3. The third-order valence-corrected chi connectivity index (χ3v) is 16.8. The van der Waals surface area contributed by atoms with Crippen molar-refractivity contribution < 1.29 is 4.42 Å². The second kappa shape index (κ2) is 18.4. The highest BCUT2D eigenvalue weighted by Gasteiger charge is 2.45. The zero-order valence-electron chi connectivity index (χ0n) is 49.2. The Morgan fingerprint density at radius 2 is 0.861 bits per heavy atom. The van der Waals surface area contributed by atoms with Crippen LogP contribution < -0.4 is 31.1 Å². The summed E-state index contributed by atoms with van der Waals surface area (Å²) in [5.74, 6) is 0. The number of hydrogen-bond acceptors (Lipinski definition) is 4. The summed E-state index contributed by atoms with van der Waals surface area (Å²) in [6, 6.07) is 71.6. The Labute approximate surface area is 470 Å². The minimum absolute atomic E-state index is 0.0151. The molecule has 0 spiro atoms. The zero-order valence-corrected chi connectivity index (χ0v) is 49.2. The third-order valence-electron chi connectivity index (χ3n) is 16.8. The minimum atomic E-state index is -0.180. The molecule has 0 bridgehead atoms. The Balaban J connectivity index is 1.16. The van der Waals surface area contributed by atoms with Crippen LogP contribution in [0.15, 0.2) is 192 Å². The van der Waals surface area contributed by atoms with Gasteiger partial charge in [0.25, 0.3) is 6.71 Å². The molecule has 2 aliphatic heterocycles. The van der Waals surface area contributed by atoms with E-state index in [1.54, 1.807) is 0 Å². The first-order chi connectivity index (χ1) is 37.3. The Hall–Kier alpha value is -7.76. The van der Waals surface area contributed by atoms with Crippen molar-refractivity contribution in [2.45, 2.75) is 131 Å². The molecule has 2 aliphatic rings. The van der Waals surface area contributed by atoms with Gasteiger partial charge in [0.1, 0.15) is 11.2 Å². The average molecular weight is 1030 g/mol. The standard InChI is InChI=1S/C74H76BN3O/c1-70(2,3)48-26-33-53(34-27-48)76(54-35-28-49(29-36-54)71(4,5)6)57-39-40-61-64(46-57)78(56-21-18-20-47(42-56)58-23-19-24-60-59-22-16-17-25-67(59)79-69(58)60)66-45-52(74(13,14)15)44-65-68(66)75(61)62-43-51(73(10,11)12)32-41-63(62)77(65)55-37-30-50(31-38-55)72(7,8)9/h16-46H,1-15H3. The van der Waals surface area contributed by atoms with E-state index in [1.165, 1.54) is 61.3 Å². The fraction of sp³-hybridized carbons (Fsp3) is 0.270. The topological polar surface area (TPSA) is 22.9 Å². The van der Waals surface area contributed by atoms with Gasteiger partial charge in [-0.25, -0.2) is 0 Å². The second-order valence-electron chi connectivity index (χ2n) is 27.6. The number of rotatable bonds is 6. The van der Waals surface area contributed by atoms with Gasteiger partial charge in [-0.2, -0.15) is 0 Å². The molecule has 0 fully saturated rings. The van der Waals surface area contributed by atoms with Crippen molar-refractivity contribution in [2.75, 3.05) is 14.7 Å². The van der Waals surface area contributed by atoms with Crippen LogP contribution in [0.4, 0.5) is 51.2 Å². The number of benzene rings is 9. The minimum Gasteiger partial charge on any atom is -0.455 e. The fourth-order valence-corrected chi connectivity index (χ4v) is 12.1. The van der Waals surface area contributed by atoms with Crippen molar-refractivity contribution in [3.8, 4) is 11.1 Å².